The molecule has 2 aromatic carbocycles. The lowest BCUT2D eigenvalue weighted by molar-refractivity contribution is -0.159. The molecule has 0 unspecified atom stereocenters. The normalized spacial score (nSPS) is 11.5. The van der Waals surface area contributed by atoms with E-state index in [-0.39, 0.29) is 5.82 Å². The van der Waals surface area contributed by atoms with Crippen molar-refractivity contribution in [1.82, 2.24) is 10.1 Å². The highest BCUT2D eigenvalue weighted by Crippen LogP contribution is 2.29. The van der Waals surface area contributed by atoms with E-state index in [1.54, 1.807) is 24.3 Å². The van der Waals surface area contributed by atoms with Crippen LogP contribution in [0.5, 0.6) is 11.5 Å². The Balaban J connectivity index is 1.48. The van der Waals surface area contributed by atoms with Crippen molar-refractivity contribution in [1.29, 1.82) is 0 Å². The van der Waals surface area contributed by atoms with Gasteiger partial charge >= 0.3 is 12.1 Å². The van der Waals surface area contributed by atoms with Crippen molar-refractivity contribution in [3.63, 3.8) is 0 Å². The van der Waals surface area contributed by atoms with E-state index in [1.165, 1.54) is 0 Å². The summed E-state index contributed by atoms with van der Waals surface area (Å²) in [6.45, 7) is 4.97. The zero-order valence-electron chi connectivity index (χ0n) is 15.4. The molecule has 0 saturated heterocycles. The molecule has 8 heteroatoms. The monoisotopic (exact) mass is 392 g/mol. The molecule has 0 fully saturated rings. The van der Waals surface area contributed by atoms with Crippen molar-refractivity contribution < 1.29 is 27.2 Å². The summed E-state index contributed by atoms with van der Waals surface area (Å²) in [5.41, 5.74) is 2.59. The number of aromatic nitrogens is 2. The number of hydrogen-bond acceptors (Lipinski definition) is 5. The standard InChI is InChI=1S/C20H19F3N2O3/c1-13-5-3-6-14(2)17(13)27-12-4-11-26-16-9-7-15(8-10-16)18-24-19(28-25-18)20(21,22)23/h3,5-10H,4,11-12H2,1-2H3. The van der Waals surface area contributed by atoms with Crippen LogP contribution < -0.4 is 9.47 Å². The molecule has 1 heterocycles. The Hall–Kier alpha value is -3.03. The van der Waals surface area contributed by atoms with Gasteiger partial charge in [-0.15, -0.1) is 0 Å². The van der Waals surface area contributed by atoms with Crippen LogP contribution in [0, 0.1) is 13.8 Å². The van der Waals surface area contributed by atoms with Crippen LogP contribution in [0.2, 0.25) is 0 Å². The Labute approximate surface area is 160 Å². The van der Waals surface area contributed by atoms with Crippen LogP contribution in [0.15, 0.2) is 47.0 Å². The van der Waals surface area contributed by atoms with Crippen molar-refractivity contribution in [3.05, 3.63) is 59.5 Å². The summed E-state index contributed by atoms with van der Waals surface area (Å²) >= 11 is 0. The Bertz CT molecular complexity index is 901. The molecule has 0 atom stereocenters. The number of alkyl halides is 3. The summed E-state index contributed by atoms with van der Waals surface area (Å²) in [5.74, 6) is -0.00635. The zero-order chi connectivity index (χ0) is 20.1. The van der Waals surface area contributed by atoms with Gasteiger partial charge in [-0.25, -0.2) is 0 Å². The second kappa shape index (κ2) is 8.33. The van der Waals surface area contributed by atoms with E-state index in [9.17, 15) is 13.2 Å². The summed E-state index contributed by atoms with van der Waals surface area (Å²) < 4.78 is 53.2. The maximum atomic E-state index is 12.5. The SMILES string of the molecule is Cc1cccc(C)c1OCCCOc1ccc(-c2noc(C(F)(F)F)n2)cc1. The molecule has 5 nitrogen and oxygen atoms in total. The van der Waals surface area contributed by atoms with Gasteiger partial charge in [-0.05, 0) is 49.2 Å². The fraction of sp³-hybridized carbons (Fsp3) is 0.300. The number of halogens is 3. The first-order chi connectivity index (χ1) is 13.3. The van der Waals surface area contributed by atoms with Crippen LogP contribution in [0.1, 0.15) is 23.4 Å². The average molecular weight is 392 g/mol. The summed E-state index contributed by atoms with van der Waals surface area (Å²) in [6.07, 6.45) is -3.97. The van der Waals surface area contributed by atoms with E-state index in [0.717, 1.165) is 16.9 Å². The fourth-order valence-electron chi connectivity index (χ4n) is 2.61. The molecule has 0 amide bonds. The van der Waals surface area contributed by atoms with Crippen molar-refractivity contribution in [2.24, 2.45) is 0 Å². The smallest absolute Gasteiger partial charge is 0.471 e. The van der Waals surface area contributed by atoms with Crippen molar-refractivity contribution in [2.75, 3.05) is 13.2 Å². The van der Waals surface area contributed by atoms with Crippen molar-refractivity contribution in [2.45, 2.75) is 26.4 Å². The van der Waals surface area contributed by atoms with E-state index in [2.05, 4.69) is 14.7 Å². The minimum atomic E-state index is -4.66. The predicted molar refractivity (Wildman–Crippen MR) is 96.3 cm³/mol. The molecular weight excluding hydrogens is 373 g/mol. The van der Waals surface area contributed by atoms with Crippen LogP contribution in [0.3, 0.4) is 0 Å². The van der Waals surface area contributed by atoms with Crippen LogP contribution in [0.25, 0.3) is 11.4 Å². The van der Waals surface area contributed by atoms with Gasteiger partial charge < -0.3 is 14.0 Å². The lowest BCUT2D eigenvalue weighted by Gasteiger charge is -2.12. The quantitative estimate of drug-likeness (QED) is 0.516. The largest absolute Gasteiger partial charge is 0.493 e. The number of ether oxygens (including phenoxy) is 2. The third-order valence-electron chi connectivity index (χ3n) is 3.99. The first kappa shape index (κ1) is 19.7. The zero-order valence-corrected chi connectivity index (χ0v) is 15.4. The maximum Gasteiger partial charge on any atom is 0.471 e. The van der Waals surface area contributed by atoms with E-state index in [4.69, 9.17) is 9.47 Å². The molecule has 0 saturated carbocycles. The Morgan fingerprint density at radius 1 is 0.929 bits per heavy atom. The molecule has 3 aromatic rings. The second-order valence-corrected chi connectivity index (χ2v) is 6.22. The average Bonchev–Trinajstić information content (AvgIpc) is 3.15. The van der Waals surface area contributed by atoms with Crippen LogP contribution in [-0.2, 0) is 6.18 Å². The number of nitrogens with zero attached hydrogens (tertiary/aromatic N) is 2. The molecule has 0 spiro atoms. The van der Waals surface area contributed by atoms with Crippen LogP contribution in [-0.4, -0.2) is 23.4 Å². The van der Waals surface area contributed by atoms with Gasteiger partial charge in [0.25, 0.3) is 0 Å². The topological polar surface area (TPSA) is 57.4 Å². The van der Waals surface area contributed by atoms with Gasteiger partial charge in [0.05, 0.1) is 13.2 Å². The first-order valence-corrected chi connectivity index (χ1v) is 8.68. The summed E-state index contributed by atoms with van der Waals surface area (Å²) in [6, 6.07) is 12.4. The molecule has 3 rings (SSSR count). The molecule has 28 heavy (non-hydrogen) atoms. The van der Waals surface area contributed by atoms with E-state index in [1.807, 2.05) is 32.0 Å². The number of rotatable bonds is 7. The Kier molecular flexibility index (Phi) is 5.87. The van der Waals surface area contributed by atoms with Crippen LogP contribution in [0.4, 0.5) is 13.2 Å². The molecular formula is C20H19F3N2O3. The Morgan fingerprint density at radius 3 is 2.18 bits per heavy atom. The van der Waals surface area contributed by atoms with Crippen LogP contribution >= 0.6 is 0 Å². The lowest BCUT2D eigenvalue weighted by Crippen LogP contribution is -2.06. The second-order valence-electron chi connectivity index (χ2n) is 6.22. The highest BCUT2D eigenvalue weighted by Gasteiger charge is 2.38. The molecule has 0 aliphatic rings. The van der Waals surface area contributed by atoms with Crippen molar-refractivity contribution >= 4 is 0 Å². The van der Waals surface area contributed by atoms with Gasteiger partial charge in [0.2, 0.25) is 5.82 Å². The van der Waals surface area contributed by atoms with Gasteiger partial charge in [0.15, 0.2) is 0 Å². The van der Waals surface area contributed by atoms with Gasteiger partial charge in [-0.2, -0.15) is 18.2 Å². The highest BCUT2D eigenvalue weighted by atomic mass is 19.4. The third-order valence-corrected chi connectivity index (χ3v) is 3.99. The number of para-hydroxylation sites is 1. The minimum absolute atomic E-state index is 0.124. The molecule has 0 N–H and O–H groups in total. The number of benzene rings is 2. The molecule has 0 aliphatic heterocycles. The third kappa shape index (κ3) is 4.82. The molecule has 0 aliphatic carbocycles. The highest BCUT2D eigenvalue weighted by molar-refractivity contribution is 5.55. The number of hydrogen-bond donors (Lipinski definition) is 0. The van der Waals surface area contributed by atoms with Crippen molar-refractivity contribution in [3.8, 4) is 22.9 Å². The minimum Gasteiger partial charge on any atom is -0.493 e. The fourth-order valence-corrected chi connectivity index (χ4v) is 2.61. The van der Waals surface area contributed by atoms with E-state index in [0.29, 0.717) is 30.9 Å². The summed E-state index contributed by atoms with van der Waals surface area (Å²) in [7, 11) is 0. The van der Waals surface area contributed by atoms with Gasteiger partial charge in [0.1, 0.15) is 11.5 Å². The van der Waals surface area contributed by atoms with Gasteiger partial charge in [0, 0.05) is 12.0 Å². The maximum absolute atomic E-state index is 12.5. The van der Waals surface area contributed by atoms with E-state index < -0.39 is 12.1 Å². The number of aryl methyl sites for hydroxylation is 2. The predicted octanol–water partition coefficient (Wildman–Crippen LogP) is 5.22. The summed E-state index contributed by atoms with van der Waals surface area (Å²) in [4.78, 5) is 3.35. The Morgan fingerprint density at radius 2 is 1.57 bits per heavy atom. The first-order valence-electron chi connectivity index (χ1n) is 8.68. The molecule has 148 valence electrons. The molecule has 0 bridgehead atoms. The van der Waals surface area contributed by atoms with E-state index >= 15 is 0 Å². The van der Waals surface area contributed by atoms with Gasteiger partial charge in [-0.3, -0.25) is 0 Å². The lowest BCUT2D eigenvalue weighted by atomic mass is 10.1. The molecule has 1 aromatic heterocycles. The van der Waals surface area contributed by atoms with Gasteiger partial charge in [-0.1, -0.05) is 23.4 Å². The molecule has 0 radical (unpaired) electrons. The summed E-state index contributed by atoms with van der Waals surface area (Å²) in [5, 5.41) is 3.35.